The molecule has 0 unspecified atom stereocenters. The zero-order valence-electron chi connectivity index (χ0n) is 9.45. The molecule has 2 rings (SSSR count). The predicted octanol–water partition coefficient (Wildman–Crippen LogP) is 0.258. The van der Waals surface area contributed by atoms with Gasteiger partial charge >= 0.3 is 0 Å². The zero-order chi connectivity index (χ0) is 10.5. The predicted molar refractivity (Wildman–Crippen MR) is 60.8 cm³/mol. The van der Waals surface area contributed by atoms with E-state index in [2.05, 4.69) is 21.5 Å². The molecule has 2 heterocycles. The van der Waals surface area contributed by atoms with Gasteiger partial charge in [-0.15, -0.1) is 0 Å². The normalized spacial score (nSPS) is 18.2. The van der Waals surface area contributed by atoms with E-state index in [9.17, 15) is 0 Å². The number of piperazine rings is 1. The van der Waals surface area contributed by atoms with E-state index >= 15 is 0 Å². The Morgan fingerprint density at radius 2 is 2.20 bits per heavy atom. The van der Waals surface area contributed by atoms with E-state index in [0.717, 1.165) is 19.5 Å². The first-order chi connectivity index (χ1) is 7.34. The van der Waals surface area contributed by atoms with Crippen molar-refractivity contribution < 1.29 is 0 Å². The second-order valence-electron chi connectivity index (χ2n) is 4.22. The third kappa shape index (κ3) is 3.32. The molecule has 4 heteroatoms. The smallest absolute Gasteiger partial charge is 0.0521 e. The lowest BCUT2D eigenvalue weighted by atomic mass is 10.2. The summed E-state index contributed by atoms with van der Waals surface area (Å²) in [5.41, 5.74) is 1.35. The Bertz CT molecular complexity index is 289. The van der Waals surface area contributed by atoms with Gasteiger partial charge in [0.1, 0.15) is 0 Å². The average Bonchev–Trinajstić information content (AvgIpc) is 2.66. The van der Waals surface area contributed by atoms with Gasteiger partial charge in [-0.1, -0.05) is 0 Å². The molecule has 0 radical (unpaired) electrons. The van der Waals surface area contributed by atoms with E-state index in [1.54, 1.807) is 0 Å². The number of aromatic nitrogens is 2. The molecular formula is C11H20N4. The molecule has 1 aromatic rings. The zero-order valence-corrected chi connectivity index (χ0v) is 9.45. The summed E-state index contributed by atoms with van der Waals surface area (Å²) in [5.74, 6) is 0. The van der Waals surface area contributed by atoms with Gasteiger partial charge in [0, 0.05) is 39.4 Å². The Labute approximate surface area is 91.3 Å². The fourth-order valence-corrected chi connectivity index (χ4v) is 2.04. The number of rotatable bonds is 4. The monoisotopic (exact) mass is 208 g/mol. The van der Waals surface area contributed by atoms with Gasteiger partial charge in [-0.2, -0.15) is 5.10 Å². The molecule has 1 aliphatic rings. The summed E-state index contributed by atoms with van der Waals surface area (Å²) in [6.07, 6.45) is 6.47. The lowest BCUT2D eigenvalue weighted by molar-refractivity contribution is 0.238. The maximum atomic E-state index is 4.18. The number of hydrogen-bond acceptors (Lipinski definition) is 3. The van der Waals surface area contributed by atoms with Crippen LogP contribution >= 0.6 is 0 Å². The molecule has 0 aromatic carbocycles. The fraction of sp³-hybridized carbons (Fsp3) is 0.727. The van der Waals surface area contributed by atoms with E-state index in [0.29, 0.717) is 0 Å². The second-order valence-corrected chi connectivity index (χ2v) is 4.22. The molecular weight excluding hydrogens is 188 g/mol. The quantitative estimate of drug-likeness (QED) is 0.770. The van der Waals surface area contributed by atoms with Crippen molar-refractivity contribution in [1.29, 1.82) is 0 Å². The molecule has 1 aromatic heterocycles. The summed E-state index contributed by atoms with van der Waals surface area (Å²) in [7, 11) is 1.97. The largest absolute Gasteiger partial charge is 0.314 e. The van der Waals surface area contributed by atoms with E-state index in [-0.39, 0.29) is 0 Å². The van der Waals surface area contributed by atoms with Crippen LogP contribution in [-0.2, 0) is 13.5 Å². The van der Waals surface area contributed by atoms with Gasteiger partial charge in [0.2, 0.25) is 0 Å². The Kier molecular flexibility index (Phi) is 3.75. The Morgan fingerprint density at radius 3 is 2.87 bits per heavy atom. The Morgan fingerprint density at radius 1 is 1.40 bits per heavy atom. The topological polar surface area (TPSA) is 33.1 Å². The molecule has 1 aliphatic heterocycles. The van der Waals surface area contributed by atoms with Crippen LogP contribution in [-0.4, -0.2) is 47.4 Å². The highest BCUT2D eigenvalue weighted by Gasteiger charge is 2.08. The summed E-state index contributed by atoms with van der Waals surface area (Å²) < 4.78 is 1.88. The Balaban J connectivity index is 1.65. The first-order valence-corrected chi connectivity index (χ1v) is 5.75. The summed E-state index contributed by atoms with van der Waals surface area (Å²) in [5, 5.41) is 7.55. The molecule has 0 spiro atoms. The lowest BCUT2D eigenvalue weighted by Crippen LogP contribution is -2.43. The van der Waals surface area contributed by atoms with Crippen LogP contribution in [0.4, 0.5) is 0 Å². The van der Waals surface area contributed by atoms with Crippen molar-refractivity contribution in [2.24, 2.45) is 7.05 Å². The molecule has 1 fully saturated rings. The van der Waals surface area contributed by atoms with Crippen molar-refractivity contribution in [2.45, 2.75) is 12.8 Å². The van der Waals surface area contributed by atoms with Gasteiger partial charge < -0.3 is 10.2 Å². The van der Waals surface area contributed by atoms with Crippen molar-refractivity contribution in [3.05, 3.63) is 18.0 Å². The van der Waals surface area contributed by atoms with Crippen LogP contribution in [0.3, 0.4) is 0 Å². The first-order valence-electron chi connectivity index (χ1n) is 5.75. The molecule has 0 saturated carbocycles. The number of nitrogens with one attached hydrogen (secondary N) is 1. The summed E-state index contributed by atoms with van der Waals surface area (Å²) in [6.45, 7) is 5.91. The standard InChI is InChI=1S/C11H20N4/c1-14-10-11(9-13-14)3-2-6-15-7-4-12-5-8-15/h9-10,12H,2-8H2,1H3. The number of hydrogen-bond donors (Lipinski definition) is 1. The van der Waals surface area contributed by atoms with Crippen LogP contribution in [0.5, 0.6) is 0 Å². The summed E-state index contributed by atoms with van der Waals surface area (Å²) in [4.78, 5) is 2.53. The summed E-state index contributed by atoms with van der Waals surface area (Å²) in [6, 6.07) is 0. The van der Waals surface area contributed by atoms with Crippen molar-refractivity contribution >= 4 is 0 Å². The van der Waals surface area contributed by atoms with Crippen LogP contribution in [0.15, 0.2) is 12.4 Å². The molecule has 15 heavy (non-hydrogen) atoms. The highest BCUT2D eigenvalue weighted by atomic mass is 15.2. The number of nitrogens with zero attached hydrogens (tertiary/aromatic N) is 3. The molecule has 84 valence electrons. The van der Waals surface area contributed by atoms with Crippen molar-refractivity contribution in [1.82, 2.24) is 20.0 Å². The van der Waals surface area contributed by atoms with Gasteiger partial charge in [0.25, 0.3) is 0 Å². The minimum absolute atomic E-state index is 1.15. The molecule has 0 aliphatic carbocycles. The summed E-state index contributed by atoms with van der Waals surface area (Å²) >= 11 is 0. The van der Waals surface area contributed by atoms with Crippen LogP contribution in [0.25, 0.3) is 0 Å². The van der Waals surface area contributed by atoms with Gasteiger partial charge in [-0.05, 0) is 24.9 Å². The molecule has 0 amide bonds. The highest BCUT2D eigenvalue weighted by molar-refractivity contribution is 5.03. The lowest BCUT2D eigenvalue weighted by Gasteiger charge is -2.26. The van der Waals surface area contributed by atoms with Crippen LogP contribution in [0.1, 0.15) is 12.0 Å². The van der Waals surface area contributed by atoms with E-state index in [4.69, 9.17) is 0 Å². The van der Waals surface area contributed by atoms with Gasteiger partial charge in [0.05, 0.1) is 6.20 Å². The highest BCUT2D eigenvalue weighted by Crippen LogP contribution is 2.02. The van der Waals surface area contributed by atoms with E-state index in [1.807, 2.05) is 17.9 Å². The SMILES string of the molecule is Cn1cc(CCCN2CCNCC2)cn1. The van der Waals surface area contributed by atoms with Gasteiger partial charge in [-0.25, -0.2) is 0 Å². The average molecular weight is 208 g/mol. The van der Waals surface area contributed by atoms with Crippen molar-refractivity contribution in [2.75, 3.05) is 32.7 Å². The van der Waals surface area contributed by atoms with Gasteiger partial charge in [-0.3, -0.25) is 4.68 Å². The Hall–Kier alpha value is -0.870. The first kappa shape index (κ1) is 10.6. The third-order valence-corrected chi connectivity index (χ3v) is 2.91. The maximum Gasteiger partial charge on any atom is 0.0521 e. The van der Waals surface area contributed by atoms with Crippen LogP contribution in [0, 0.1) is 0 Å². The molecule has 1 saturated heterocycles. The molecule has 0 bridgehead atoms. The minimum Gasteiger partial charge on any atom is -0.314 e. The molecule has 1 N–H and O–H groups in total. The van der Waals surface area contributed by atoms with E-state index < -0.39 is 0 Å². The second kappa shape index (κ2) is 5.28. The van der Waals surface area contributed by atoms with Crippen LogP contribution < -0.4 is 5.32 Å². The van der Waals surface area contributed by atoms with E-state index in [1.165, 1.54) is 31.6 Å². The van der Waals surface area contributed by atoms with Crippen LogP contribution in [0.2, 0.25) is 0 Å². The third-order valence-electron chi connectivity index (χ3n) is 2.91. The number of aryl methyl sites for hydroxylation is 2. The van der Waals surface area contributed by atoms with Crippen molar-refractivity contribution in [3.8, 4) is 0 Å². The van der Waals surface area contributed by atoms with Crippen molar-refractivity contribution in [3.63, 3.8) is 0 Å². The minimum atomic E-state index is 1.15. The maximum absolute atomic E-state index is 4.18. The van der Waals surface area contributed by atoms with Gasteiger partial charge in [0.15, 0.2) is 0 Å². The molecule has 4 nitrogen and oxygen atoms in total. The molecule has 0 atom stereocenters. The fourth-order valence-electron chi connectivity index (χ4n) is 2.04.